The van der Waals surface area contributed by atoms with Crippen LogP contribution in [0.15, 0.2) is 6.20 Å². The average molecular weight is 235 g/mol. The lowest BCUT2D eigenvalue weighted by molar-refractivity contribution is 0.685. The van der Waals surface area contributed by atoms with Gasteiger partial charge in [-0.1, -0.05) is 26.7 Å². The molecule has 5 nitrogen and oxygen atoms in total. The van der Waals surface area contributed by atoms with Crippen LogP contribution in [0, 0.1) is 5.92 Å². The molecular formula is C12H21N5. The minimum absolute atomic E-state index is 0.525. The van der Waals surface area contributed by atoms with Gasteiger partial charge in [0.05, 0.1) is 6.20 Å². The van der Waals surface area contributed by atoms with E-state index in [-0.39, 0.29) is 0 Å². The summed E-state index contributed by atoms with van der Waals surface area (Å²) in [5.74, 6) is 2.04. The van der Waals surface area contributed by atoms with Crippen molar-refractivity contribution in [1.29, 1.82) is 0 Å². The maximum atomic E-state index is 4.41. The van der Waals surface area contributed by atoms with Gasteiger partial charge in [0.15, 0.2) is 5.82 Å². The number of hydrogen-bond donors (Lipinski definition) is 2. The molecule has 1 aliphatic rings. The molecule has 0 saturated heterocycles. The summed E-state index contributed by atoms with van der Waals surface area (Å²) >= 11 is 0. The monoisotopic (exact) mass is 235 g/mol. The highest BCUT2D eigenvalue weighted by molar-refractivity contribution is 5.37. The Bertz CT molecular complexity index is 347. The van der Waals surface area contributed by atoms with Gasteiger partial charge >= 0.3 is 0 Å². The summed E-state index contributed by atoms with van der Waals surface area (Å²) in [5.41, 5.74) is 0. The zero-order valence-corrected chi connectivity index (χ0v) is 10.6. The Labute approximate surface area is 102 Å². The van der Waals surface area contributed by atoms with Crippen LogP contribution in [0.3, 0.4) is 0 Å². The zero-order chi connectivity index (χ0) is 12.1. The smallest absolute Gasteiger partial charge is 0.244 e. The van der Waals surface area contributed by atoms with Gasteiger partial charge in [0, 0.05) is 12.6 Å². The predicted molar refractivity (Wildman–Crippen MR) is 69.0 cm³/mol. The number of nitrogens with one attached hydrogen (secondary N) is 2. The third kappa shape index (κ3) is 3.84. The molecule has 0 radical (unpaired) electrons. The third-order valence-corrected chi connectivity index (χ3v) is 2.94. The minimum Gasteiger partial charge on any atom is -0.368 e. The molecule has 1 saturated carbocycles. The van der Waals surface area contributed by atoms with Gasteiger partial charge < -0.3 is 10.6 Å². The molecule has 5 heteroatoms. The first-order valence-electron chi connectivity index (χ1n) is 6.44. The molecule has 1 aromatic heterocycles. The summed E-state index contributed by atoms with van der Waals surface area (Å²) in [4.78, 5) is 4.41. The lowest BCUT2D eigenvalue weighted by Gasteiger charge is -2.12. The second kappa shape index (κ2) is 5.80. The quantitative estimate of drug-likeness (QED) is 0.820. The van der Waals surface area contributed by atoms with Gasteiger partial charge in [0.25, 0.3) is 0 Å². The maximum Gasteiger partial charge on any atom is 0.244 e. The van der Waals surface area contributed by atoms with E-state index in [9.17, 15) is 0 Å². The van der Waals surface area contributed by atoms with E-state index in [1.54, 1.807) is 6.20 Å². The van der Waals surface area contributed by atoms with Gasteiger partial charge in [-0.25, -0.2) is 0 Å². The zero-order valence-electron chi connectivity index (χ0n) is 10.6. The summed E-state index contributed by atoms with van der Waals surface area (Å²) < 4.78 is 0. The second-order valence-corrected chi connectivity index (χ2v) is 5.07. The van der Waals surface area contributed by atoms with Crippen LogP contribution in [0.1, 0.15) is 39.5 Å². The van der Waals surface area contributed by atoms with Gasteiger partial charge in [-0.2, -0.15) is 10.1 Å². The highest BCUT2D eigenvalue weighted by Gasteiger charge is 2.15. The van der Waals surface area contributed by atoms with Crippen LogP contribution in [0.5, 0.6) is 0 Å². The van der Waals surface area contributed by atoms with Crippen molar-refractivity contribution in [3.8, 4) is 0 Å². The first kappa shape index (κ1) is 12.1. The third-order valence-electron chi connectivity index (χ3n) is 2.94. The van der Waals surface area contributed by atoms with Crippen LogP contribution < -0.4 is 10.6 Å². The molecular weight excluding hydrogens is 214 g/mol. The van der Waals surface area contributed by atoms with Crippen LogP contribution in [0.25, 0.3) is 0 Å². The first-order chi connectivity index (χ1) is 8.24. The number of aromatic nitrogens is 3. The number of nitrogens with zero attached hydrogens (tertiary/aromatic N) is 3. The molecule has 17 heavy (non-hydrogen) atoms. The van der Waals surface area contributed by atoms with Crippen LogP contribution in [-0.2, 0) is 0 Å². The fourth-order valence-corrected chi connectivity index (χ4v) is 2.01. The second-order valence-electron chi connectivity index (χ2n) is 5.07. The van der Waals surface area contributed by atoms with Crippen molar-refractivity contribution in [3.05, 3.63) is 6.20 Å². The molecule has 0 unspecified atom stereocenters. The standard InChI is InChI=1S/C12H21N5/c1-9(2)7-13-11-8-14-17-12(16-11)15-10-5-3-4-6-10/h8-10H,3-7H2,1-2H3,(H2,13,15,16,17). The first-order valence-corrected chi connectivity index (χ1v) is 6.44. The molecule has 0 bridgehead atoms. The largest absolute Gasteiger partial charge is 0.368 e. The van der Waals surface area contributed by atoms with Crippen molar-refractivity contribution >= 4 is 11.8 Å². The lowest BCUT2D eigenvalue weighted by atomic mass is 10.2. The van der Waals surface area contributed by atoms with E-state index < -0.39 is 0 Å². The number of rotatable bonds is 5. The Morgan fingerprint density at radius 3 is 2.82 bits per heavy atom. The van der Waals surface area contributed by atoms with Crippen LogP contribution in [0.2, 0.25) is 0 Å². The van der Waals surface area contributed by atoms with E-state index in [1.165, 1.54) is 25.7 Å². The van der Waals surface area contributed by atoms with Gasteiger partial charge in [0.2, 0.25) is 5.95 Å². The Balaban J connectivity index is 1.91. The molecule has 0 spiro atoms. The molecule has 0 amide bonds. The SMILES string of the molecule is CC(C)CNc1cnnc(NC2CCCC2)n1. The van der Waals surface area contributed by atoms with Gasteiger partial charge in [-0.15, -0.1) is 5.10 Å². The van der Waals surface area contributed by atoms with E-state index in [4.69, 9.17) is 0 Å². The molecule has 0 aliphatic heterocycles. The highest BCUT2D eigenvalue weighted by Crippen LogP contribution is 2.20. The summed E-state index contributed by atoms with van der Waals surface area (Å²) in [6.45, 7) is 5.24. The summed E-state index contributed by atoms with van der Waals surface area (Å²) in [6.07, 6.45) is 6.70. The highest BCUT2D eigenvalue weighted by atomic mass is 15.3. The molecule has 0 aromatic carbocycles. The van der Waals surface area contributed by atoms with Crippen LogP contribution in [0.4, 0.5) is 11.8 Å². The van der Waals surface area contributed by atoms with Gasteiger partial charge in [0.1, 0.15) is 0 Å². The fourth-order valence-electron chi connectivity index (χ4n) is 2.01. The Morgan fingerprint density at radius 1 is 1.35 bits per heavy atom. The summed E-state index contributed by atoms with van der Waals surface area (Å²) in [5, 5.41) is 14.6. The van der Waals surface area contributed by atoms with Crippen molar-refractivity contribution in [3.63, 3.8) is 0 Å². The molecule has 1 heterocycles. The van der Waals surface area contributed by atoms with E-state index in [2.05, 4.69) is 39.7 Å². The molecule has 2 rings (SSSR count). The van der Waals surface area contributed by atoms with Crippen LogP contribution in [-0.4, -0.2) is 27.8 Å². The Hall–Kier alpha value is -1.39. The van der Waals surface area contributed by atoms with E-state index >= 15 is 0 Å². The number of anilines is 2. The van der Waals surface area contributed by atoms with E-state index in [1.807, 2.05) is 0 Å². The Kier molecular flexibility index (Phi) is 4.12. The van der Waals surface area contributed by atoms with E-state index in [0.717, 1.165) is 12.4 Å². The Morgan fingerprint density at radius 2 is 2.12 bits per heavy atom. The predicted octanol–water partition coefficient (Wildman–Crippen LogP) is 2.29. The van der Waals surface area contributed by atoms with Crippen molar-refractivity contribution in [2.45, 2.75) is 45.6 Å². The number of hydrogen-bond acceptors (Lipinski definition) is 5. The van der Waals surface area contributed by atoms with Crippen molar-refractivity contribution in [2.24, 2.45) is 5.92 Å². The van der Waals surface area contributed by atoms with Gasteiger partial charge in [-0.05, 0) is 18.8 Å². The molecule has 1 aromatic rings. The molecule has 2 N–H and O–H groups in total. The average Bonchev–Trinajstić information content (AvgIpc) is 2.80. The molecule has 0 atom stereocenters. The summed E-state index contributed by atoms with van der Waals surface area (Å²) in [6, 6.07) is 0.525. The van der Waals surface area contributed by atoms with Crippen LogP contribution >= 0.6 is 0 Å². The topological polar surface area (TPSA) is 62.7 Å². The fraction of sp³-hybridized carbons (Fsp3) is 0.750. The minimum atomic E-state index is 0.525. The normalized spacial score (nSPS) is 16.4. The maximum absolute atomic E-state index is 4.41. The molecule has 1 fully saturated rings. The molecule has 94 valence electrons. The summed E-state index contributed by atoms with van der Waals surface area (Å²) in [7, 11) is 0. The van der Waals surface area contributed by atoms with Crippen molar-refractivity contribution in [1.82, 2.24) is 15.2 Å². The van der Waals surface area contributed by atoms with E-state index in [0.29, 0.717) is 17.9 Å². The molecule has 1 aliphatic carbocycles. The van der Waals surface area contributed by atoms with Gasteiger partial charge in [-0.3, -0.25) is 0 Å². The van der Waals surface area contributed by atoms with Crippen molar-refractivity contribution < 1.29 is 0 Å². The lowest BCUT2D eigenvalue weighted by Crippen LogP contribution is -2.18. The van der Waals surface area contributed by atoms with Crippen molar-refractivity contribution in [2.75, 3.05) is 17.2 Å².